The Balaban J connectivity index is 1.43. The number of hydrogen-bond acceptors (Lipinski definition) is 2. The van der Waals surface area contributed by atoms with Crippen LogP contribution in [0.4, 0.5) is 0 Å². The van der Waals surface area contributed by atoms with Gasteiger partial charge in [0.25, 0.3) is 0 Å². The molecule has 0 radical (unpaired) electrons. The summed E-state index contributed by atoms with van der Waals surface area (Å²) in [6.07, 6.45) is 13.3. The monoisotopic (exact) mass is 344 g/mol. The highest BCUT2D eigenvalue weighted by atomic mass is 16.3. The van der Waals surface area contributed by atoms with E-state index < -0.39 is 5.60 Å². The molecule has 2 nitrogen and oxygen atoms in total. The van der Waals surface area contributed by atoms with Crippen molar-refractivity contribution in [1.29, 1.82) is 0 Å². The normalized spacial score (nSPS) is 59.4. The van der Waals surface area contributed by atoms with Crippen LogP contribution in [0.25, 0.3) is 0 Å². The maximum absolute atomic E-state index is 12.6. The van der Waals surface area contributed by atoms with E-state index in [0.717, 1.165) is 43.4 Å². The fourth-order valence-corrected chi connectivity index (χ4v) is 9.19. The molecule has 0 aromatic rings. The predicted molar refractivity (Wildman–Crippen MR) is 99.0 cm³/mol. The maximum Gasteiger partial charge on any atom is 0.136 e. The zero-order valence-electron chi connectivity index (χ0n) is 16.4. The lowest BCUT2D eigenvalue weighted by atomic mass is 9.48. The van der Waals surface area contributed by atoms with Crippen molar-refractivity contribution >= 4 is 5.78 Å². The molecule has 0 aromatic carbocycles. The number of rotatable bonds is 2. The summed E-state index contributed by atoms with van der Waals surface area (Å²) in [7, 11) is 0. The smallest absolute Gasteiger partial charge is 0.136 e. The van der Waals surface area contributed by atoms with Crippen LogP contribution in [0.1, 0.15) is 91.4 Å². The highest BCUT2D eigenvalue weighted by molar-refractivity contribution is 5.82. The molecular weight excluding hydrogens is 308 g/mol. The molecule has 0 aromatic heterocycles. The summed E-state index contributed by atoms with van der Waals surface area (Å²) >= 11 is 0. The Bertz CT molecular complexity index is 609. The van der Waals surface area contributed by atoms with Gasteiger partial charge in [0.1, 0.15) is 5.78 Å². The van der Waals surface area contributed by atoms with Gasteiger partial charge in [-0.15, -0.1) is 0 Å². The highest BCUT2D eigenvalue weighted by Gasteiger charge is 2.76. The summed E-state index contributed by atoms with van der Waals surface area (Å²) in [4.78, 5) is 12.6. The van der Waals surface area contributed by atoms with Gasteiger partial charge in [0.05, 0.1) is 5.60 Å². The van der Waals surface area contributed by atoms with E-state index in [-0.39, 0.29) is 0 Å². The molecule has 5 rings (SSSR count). The first-order valence-electron chi connectivity index (χ1n) is 11.0. The van der Waals surface area contributed by atoms with Gasteiger partial charge in [-0.2, -0.15) is 0 Å². The minimum atomic E-state index is -0.415. The molecule has 5 fully saturated rings. The standard InChI is InChI=1S/C23H36O2/c1-4-19(24)18-6-5-16-15-7-10-22-13-20(2,25)11-12-23(22,14-22)17(15)8-9-21(16,18)3/h15-18,25H,4-14H2,1-3H3/t15-,16-,17-,18?,20+,21-,22?,23?/m0/s1. The van der Waals surface area contributed by atoms with Crippen LogP contribution in [-0.2, 0) is 4.79 Å². The van der Waals surface area contributed by atoms with Gasteiger partial charge in [-0.3, -0.25) is 4.79 Å². The van der Waals surface area contributed by atoms with Crippen LogP contribution in [0.5, 0.6) is 0 Å². The predicted octanol–water partition coefficient (Wildman–Crippen LogP) is 5.13. The molecule has 0 aliphatic heterocycles. The van der Waals surface area contributed by atoms with Gasteiger partial charge in [0, 0.05) is 12.3 Å². The first-order chi connectivity index (χ1) is 11.8. The van der Waals surface area contributed by atoms with Crippen molar-refractivity contribution in [3.8, 4) is 0 Å². The first-order valence-corrected chi connectivity index (χ1v) is 11.0. The molecule has 1 N–H and O–H groups in total. The number of Topliss-reactive ketones (excluding diaryl/α,β-unsaturated/α-hetero) is 1. The van der Waals surface area contributed by atoms with Crippen LogP contribution in [0.2, 0.25) is 0 Å². The zero-order valence-corrected chi connectivity index (χ0v) is 16.4. The number of hydrogen-bond donors (Lipinski definition) is 1. The molecule has 0 heterocycles. The summed E-state index contributed by atoms with van der Waals surface area (Å²) in [5.41, 5.74) is 0.940. The molecule has 0 spiro atoms. The Hall–Kier alpha value is -0.370. The Morgan fingerprint density at radius 2 is 1.76 bits per heavy atom. The summed E-state index contributed by atoms with van der Waals surface area (Å²) < 4.78 is 0. The van der Waals surface area contributed by atoms with Crippen molar-refractivity contribution in [3.05, 3.63) is 0 Å². The molecule has 2 heteroatoms. The van der Waals surface area contributed by atoms with Gasteiger partial charge in [0.15, 0.2) is 0 Å². The highest BCUT2D eigenvalue weighted by Crippen LogP contribution is 2.83. The minimum Gasteiger partial charge on any atom is -0.390 e. The molecule has 5 aliphatic carbocycles. The summed E-state index contributed by atoms with van der Waals surface area (Å²) in [5, 5.41) is 10.7. The van der Waals surface area contributed by atoms with Crippen molar-refractivity contribution in [3.63, 3.8) is 0 Å². The van der Waals surface area contributed by atoms with Crippen LogP contribution in [0.15, 0.2) is 0 Å². The van der Waals surface area contributed by atoms with E-state index in [0.29, 0.717) is 27.9 Å². The van der Waals surface area contributed by atoms with Crippen LogP contribution in [0.3, 0.4) is 0 Å². The molecule has 5 saturated carbocycles. The average molecular weight is 345 g/mol. The second-order valence-electron chi connectivity index (χ2n) is 11.2. The molecule has 0 bridgehead atoms. The Morgan fingerprint density at radius 3 is 2.52 bits per heavy atom. The Labute approximate surface area is 153 Å². The van der Waals surface area contributed by atoms with Crippen LogP contribution >= 0.6 is 0 Å². The van der Waals surface area contributed by atoms with E-state index >= 15 is 0 Å². The molecule has 0 amide bonds. The van der Waals surface area contributed by atoms with E-state index in [1.165, 1.54) is 44.9 Å². The lowest BCUT2D eigenvalue weighted by molar-refractivity contribution is -0.132. The van der Waals surface area contributed by atoms with Crippen molar-refractivity contribution in [2.45, 2.75) is 97.0 Å². The van der Waals surface area contributed by atoms with Crippen LogP contribution in [0, 0.1) is 39.9 Å². The van der Waals surface area contributed by atoms with Gasteiger partial charge in [-0.05, 0) is 105 Å². The largest absolute Gasteiger partial charge is 0.390 e. The summed E-state index contributed by atoms with van der Waals surface area (Å²) in [5.74, 6) is 3.44. The Kier molecular flexibility index (Phi) is 3.30. The molecular formula is C23H36O2. The third kappa shape index (κ3) is 1.98. The summed E-state index contributed by atoms with van der Waals surface area (Å²) in [6, 6.07) is 0. The second-order valence-corrected chi connectivity index (χ2v) is 11.2. The van der Waals surface area contributed by atoms with E-state index in [1.807, 2.05) is 0 Å². The van der Waals surface area contributed by atoms with E-state index in [9.17, 15) is 9.90 Å². The summed E-state index contributed by atoms with van der Waals surface area (Å²) in [6.45, 7) is 6.60. The lowest BCUT2D eigenvalue weighted by Crippen LogP contribution is -2.51. The van der Waals surface area contributed by atoms with Crippen molar-refractivity contribution < 1.29 is 9.90 Å². The van der Waals surface area contributed by atoms with Crippen LogP contribution in [-0.4, -0.2) is 16.5 Å². The molecule has 0 saturated heterocycles. The topological polar surface area (TPSA) is 37.3 Å². The third-order valence-electron chi connectivity index (χ3n) is 10.3. The fourth-order valence-electron chi connectivity index (χ4n) is 9.19. The second kappa shape index (κ2) is 4.91. The van der Waals surface area contributed by atoms with E-state index in [4.69, 9.17) is 0 Å². The van der Waals surface area contributed by atoms with E-state index in [2.05, 4.69) is 20.8 Å². The van der Waals surface area contributed by atoms with Crippen molar-refractivity contribution in [2.75, 3.05) is 0 Å². The maximum atomic E-state index is 12.6. The number of aliphatic hydroxyl groups is 1. The minimum absolute atomic E-state index is 0.292. The van der Waals surface area contributed by atoms with Gasteiger partial charge in [-0.25, -0.2) is 0 Å². The molecule has 140 valence electrons. The zero-order chi connectivity index (χ0) is 17.7. The van der Waals surface area contributed by atoms with Gasteiger partial charge in [-0.1, -0.05) is 13.8 Å². The van der Waals surface area contributed by atoms with Gasteiger partial charge >= 0.3 is 0 Å². The Morgan fingerprint density at radius 1 is 0.960 bits per heavy atom. The van der Waals surface area contributed by atoms with E-state index in [1.54, 1.807) is 0 Å². The SMILES string of the molecule is CCC(=O)C1CC[C@H]2[C@@H]3CCC45CC4(CC[C@@](C)(O)C5)[C@H]3CC[C@]12C. The number of carbonyl (C=O) groups excluding carboxylic acids is 1. The molecule has 3 unspecified atom stereocenters. The molecule has 8 atom stereocenters. The van der Waals surface area contributed by atoms with Crippen LogP contribution < -0.4 is 0 Å². The van der Waals surface area contributed by atoms with Crippen molar-refractivity contribution in [2.24, 2.45) is 39.9 Å². The number of carbonyl (C=O) groups is 1. The molecule has 25 heavy (non-hydrogen) atoms. The lowest BCUT2D eigenvalue weighted by Gasteiger charge is -2.56. The number of fused-ring (bicyclic) bond motifs is 3. The average Bonchev–Trinajstić information content (AvgIpc) is 3.11. The number of ketones is 1. The first kappa shape index (κ1) is 16.8. The fraction of sp³-hybridized carbons (Fsp3) is 0.957. The van der Waals surface area contributed by atoms with Crippen molar-refractivity contribution in [1.82, 2.24) is 0 Å². The third-order valence-corrected chi connectivity index (χ3v) is 10.3. The van der Waals surface area contributed by atoms with Gasteiger partial charge < -0.3 is 5.11 Å². The molecule has 5 aliphatic rings. The van der Waals surface area contributed by atoms with Gasteiger partial charge in [0.2, 0.25) is 0 Å². The quantitative estimate of drug-likeness (QED) is 0.754.